The molecule has 1 saturated heterocycles. The van der Waals surface area contributed by atoms with Crippen molar-refractivity contribution in [3.63, 3.8) is 0 Å². The van der Waals surface area contributed by atoms with Gasteiger partial charge in [0, 0.05) is 22.9 Å². The van der Waals surface area contributed by atoms with Crippen LogP contribution in [0.3, 0.4) is 0 Å². The van der Waals surface area contributed by atoms with E-state index in [1.807, 2.05) is 19.1 Å². The first kappa shape index (κ1) is 17.9. The summed E-state index contributed by atoms with van der Waals surface area (Å²) in [5, 5.41) is 6.05. The number of anilines is 1. The molecule has 1 fully saturated rings. The van der Waals surface area contributed by atoms with E-state index in [-0.39, 0.29) is 0 Å². The van der Waals surface area contributed by atoms with E-state index < -0.39 is 0 Å². The highest BCUT2D eigenvalue weighted by Crippen LogP contribution is 2.38. The summed E-state index contributed by atoms with van der Waals surface area (Å²) in [6.45, 7) is 4.81. The third-order valence-electron chi connectivity index (χ3n) is 5.33. The third kappa shape index (κ3) is 3.52. The third-order valence-corrected chi connectivity index (χ3v) is 5.33. The second-order valence-electron chi connectivity index (χ2n) is 7.18. The molecule has 0 spiro atoms. The molecule has 0 radical (unpaired) electrons. The van der Waals surface area contributed by atoms with Crippen LogP contribution < -0.4 is 14.8 Å². The monoisotopic (exact) mass is 365 g/mol. The van der Waals surface area contributed by atoms with Crippen LogP contribution in [0.4, 0.5) is 5.69 Å². The normalized spacial score (nSPS) is 16.0. The fraction of sp³-hybridized carbons (Fsp3) is 0.409. The SMILES string of the molecule is CCOc1cc2nc3ccccc3c(NC3CCN(C)CC3)c2cc1OC. The molecule has 0 saturated carbocycles. The zero-order valence-electron chi connectivity index (χ0n) is 16.3. The summed E-state index contributed by atoms with van der Waals surface area (Å²) in [4.78, 5) is 7.27. The van der Waals surface area contributed by atoms with Gasteiger partial charge in [-0.3, -0.25) is 0 Å². The number of likely N-dealkylation sites (tertiary alicyclic amines) is 1. The number of methoxy groups -OCH3 is 1. The maximum absolute atomic E-state index is 5.76. The van der Waals surface area contributed by atoms with E-state index in [9.17, 15) is 0 Å². The number of nitrogens with zero attached hydrogens (tertiary/aromatic N) is 2. The van der Waals surface area contributed by atoms with Crippen LogP contribution in [0.5, 0.6) is 11.5 Å². The molecule has 1 aromatic heterocycles. The van der Waals surface area contributed by atoms with Crippen molar-refractivity contribution in [2.75, 3.05) is 39.2 Å². The molecule has 4 rings (SSSR count). The highest BCUT2D eigenvalue weighted by atomic mass is 16.5. The first-order valence-electron chi connectivity index (χ1n) is 9.68. The number of ether oxygens (including phenoxy) is 2. The minimum absolute atomic E-state index is 0.466. The van der Waals surface area contributed by atoms with Crippen LogP contribution >= 0.6 is 0 Å². The van der Waals surface area contributed by atoms with Crippen molar-refractivity contribution >= 4 is 27.5 Å². The Morgan fingerprint density at radius 2 is 1.85 bits per heavy atom. The fourth-order valence-corrected chi connectivity index (χ4v) is 3.84. The Kier molecular flexibility index (Phi) is 5.03. The van der Waals surface area contributed by atoms with Gasteiger partial charge >= 0.3 is 0 Å². The minimum Gasteiger partial charge on any atom is -0.493 e. The Bertz CT molecular complexity index is 949. The van der Waals surface area contributed by atoms with E-state index in [0.29, 0.717) is 12.6 Å². The summed E-state index contributed by atoms with van der Waals surface area (Å²) in [5.74, 6) is 1.48. The van der Waals surface area contributed by atoms with E-state index in [1.165, 1.54) is 0 Å². The Morgan fingerprint density at radius 1 is 1.07 bits per heavy atom. The highest BCUT2D eigenvalue weighted by molar-refractivity contribution is 6.08. The van der Waals surface area contributed by atoms with Gasteiger partial charge in [0.2, 0.25) is 0 Å². The molecule has 0 unspecified atom stereocenters. The Morgan fingerprint density at radius 3 is 2.59 bits per heavy atom. The average Bonchev–Trinajstić information content (AvgIpc) is 2.69. The number of hydrogen-bond acceptors (Lipinski definition) is 5. The van der Waals surface area contributed by atoms with Crippen molar-refractivity contribution in [3.05, 3.63) is 36.4 Å². The van der Waals surface area contributed by atoms with Crippen LogP contribution in [-0.2, 0) is 0 Å². The number of para-hydroxylation sites is 1. The summed E-state index contributed by atoms with van der Waals surface area (Å²) >= 11 is 0. The van der Waals surface area contributed by atoms with E-state index in [2.05, 4.69) is 41.5 Å². The molecule has 1 aliphatic heterocycles. The average molecular weight is 365 g/mol. The smallest absolute Gasteiger partial charge is 0.163 e. The number of pyridine rings is 1. The quantitative estimate of drug-likeness (QED) is 0.683. The number of rotatable bonds is 5. The minimum atomic E-state index is 0.466. The lowest BCUT2D eigenvalue weighted by atomic mass is 10.0. The van der Waals surface area contributed by atoms with Gasteiger partial charge in [0.15, 0.2) is 11.5 Å². The molecule has 0 atom stereocenters. The Hall–Kier alpha value is -2.53. The lowest BCUT2D eigenvalue weighted by molar-refractivity contribution is 0.264. The number of benzene rings is 2. The predicted octanol–water partition coefficient (Wildman–Crippen LogP) is 4.30. The van der Waals surface area contributed by atoms with E-state index >= 15 is 0 Å². The van der Waals surface area contributed by atoms with Crippen molar-refractivity contribution in [3.8, 4) is 11.5 Å². The molecule has 3 aromatic rings. The summed E-state index contributed by atoms with van der Waals surface area (Å²) in [6, 6.07) is 12.8. The van der Waals surface area contributed by atoms with E-state index in [1.54, 1.807) is 7.11 Å². The number of hydrogen-bond donors (Lipinski definition) is 1. The van der Waals surface area contributed by atoms with E-state index in [4.69, 9.17) is 14.5 Å². The zero-order valence-corrected chi connectivity index (χ0v) is 16.3. The summed E-state index contributed by atoms with van der Waals surface area (Å²) in [7, 11) is 3.87. The molecule has 5 heteroatoms. The van der Waals surface area contributed by atoms with Gasteiger partial charge < -0.3 is 19.7 Å². The van der Waals surface area contributed by atoms with Crippen molar-refractivity contribution in [2.24, 2.45) is 0 Å². The molecule has 142 valence electrons. The molecule has 2 heterocycles. The standard InChI is InChI=1S/C22H27N3O2/c1-4-27-21-14-19-17(13-20(21)26-3)22(16-7-5-6-8-18(16)24-19)23-15-9-11-25(2)12-10-15/h5-8,13-15H,4,9-12H2,1-3H3,(H,23,24). The fourth-order valence-electron chi connectivity index (χ4n) is 3.84. The second kappa shape index (κ2) is 7.61. The van der Waals surface area contributed by atoms with Gasteiger partial charge in [0.1, 0.15) is 0 Å². The largest absolute Gasteiger partial charge is 0.493 e. The van der Waals surface area contributed by atoms with Crippen LogP contribution in [0.25, 0.3) is 21.8 Å². The number of fused-ring (bicyclic) bond motifs is 2. The zero-order chi connectivity index (χ0) is 18.8. The van der Waals surface area contributed by atoms with Gasteiger partial charge in [-0.05, 0) is 52.0 Å². The van der Waals surface area contributed by atoms with Crippen molar-refractivity contribution in [2.45, 2.75) is 25.8 Å². The molecular weight excluding hydrogens is 338 g/mol. The molecule has 5 nitrogen and oxygen atoms in total. The molecule has 2 aromatic carbocycles. The molecule has 0 bridgehead atoms. The number of nitrogens with one attached hydrogen (secondary N) is 1. The van der Waals surface area contributed by atoms with Crippen molar-refractivity contribution < 1.29 is 9.47 Å². The lowest BCUT2D eigenvalue weighted by Crippen LogP contribution is -2.36. The first-order valence-corrected chi connectivity index (χ1v) is 9.68. The van der Waals surface area contributed by atoms with Gasteiger partial charge in [0.25, 0.3) is 0 Å². The molecule has 0 amide bonds. The van der Waals surface area contributed by atoms with Gasteiger partial charge in [-0.15, -0.1) is 0 Å². The van der Waals surface area contributed by atoms with E-state index in [0.717, 1.165) is 64.9 Å². The van der Waals surface area contributed by atoms with Crippen LogP contribution in [0, 0.1) is 0 Å². The van der Waals surface area contributed by atoms with Crippen LogP contribution in [-0.4, -0.2) is 49.8 Å². The maximum atomic E-state index is 5.76. The molecule has 1 N–H and O–H groups in total. The second-order valence-corrected chi connectivity index (χ2v) is 7.18. The Balaban J connectivity index is 1.86. The van der Waals surface area contributed by atoms with Crippen molar-refractivity contribution in [1.29, 1.82) is 0 Å². The van der Waals surface area contributed by atoms with Gasteiger partial charge in [-0.1, -0.05) is 18.2 Å². The summed E-state index contributed by atoms with van der Waals surface area (Å²) < 4.78 is 11.3. The highest BCUT2D eigenvalue weighted by Gasteiger charge is 2.20. The predicted molar refractivity (Wildman–Crippen MR) is 111 cm³/mol. The Labute approximate surface area is 160 Å². The molecule has 0 aliphatic carbocycles. The molecule has 1 aliphatic rings. The first-order chi connectivity index (χ1) is 13.2. The maximum Gasteiger partial charge on any atom is 0.163 e. The molecule has 27 heavy (non-hydrogen) atoms. The van der Waals surface area contributed by atoms with Gasteiger partial charge in [-0.2, -0.15) is 0 Å². The molecular formula is C22H27N3O2. The topological polar surface area (TPSA) is 46.6 Å². The van der Waals surface area contributed by atoms with Gasteiger partial charge in [0.05, 0.1) is 30.4 Å². The van der Waals surface area contributed by atoms with Crippen LogP contribution in [0.2, 0.25) is 0 Å². The summed E-state index contributed by atoms with van der Waals surface area (Å²) in [5.41, 5.74) is 3.06. The number of aromatic nitrogens is 1. The van der Waals surface area contributed by atoms with Crippen LogP contribution in [0.15, 0.2) is 36.4 Å². The number of piperidine rings is 1. The van der Waals surface area contributed by atoms with Gasteiger partial charge in [-0.25, -0.2) is 4.98 Å². The van der Waals surface area contributed by atoms with Crippen LogP contribution in [0.1, 0.15) is 19.8 Å². The lowest BCUT2D eigenvalue weighted by Gasteiger charge is -2.31. The summed E-state index contributed by atoms with van der Waals surface area (Å²) in [6.07, 6.45) is 2.28. The van der Waals surface area contributed by atoms with Crippen molar-refractivity contribution in [1.82, 2.24) is 9.88 Å².